The predicted molar refractivity (Wildman–Crippen MR) is 111 cm³/mol. The molecule has 0 bridgehead atoms. The van der Waals surface area contributed by atoms with Crippen LogP contribution in [-0.4, -0.2) is 45.2 Å². The Bertz CT molecular complexity index is 834. The van der Waals surface area contributed by atoms with Gasteiger partial charge in [-0.3, -0.25) is 9.59 Å². The van der Waals surface area contributed by atoms with Crippen LogP contribution in [0, 0.1) is 11.8 Å². The third-order valence-corrected chi connectivity index (χ3v) is 5.05. The summed E-state index contributed by atoms with van der Waals surface area (Å²) in [5.74, 6) is 1.60. The Morgan fingerprint density at radius 2 is 1.90 bits per heavy atom. The highest BCUT2D eigenvalue weighted by molar-refractivity contribution is 6.04. The normalized spacial score (nSPS) is 14.4. The van der Waals surface area contributed by atoms with Crippen LogP contribution in [0.25, 0.3) is 0 Å². The zero-order valence-electron chi connectivity index (χ0n) is 16.7. The van der Waals surface area contributed by atoms with Crippen molar-refractivity contribution in [3.05, 3.63) is 54.1 Å². The number of carbonyl (C=O) groups excluding carboxylic acids is 2. The molecule has 0 aromatic heterocycles. The lowest BCUT2D eigenvalue weighted by Crippen LogP contribution is -2.49. The molecule has 1 saturated heterocycles. The Labute approximate surface area is 170 Å². The van der Waals surface area contributed by atoms with E-state index in [0.29, 0.717) is 41.8 Å². The van der Waals surface area contributed by atoms with E-state index in [2.05, 4.69) is 16.0 Å². The molecule has 1 aliphatic heterocycles. The highest BCUT2D eigenvalue weighted by Crippen LogP contribution is 2.19. The molecule has 0 saturated carbocycles. The zero-order valence-corrected chi connectivity index (χ0v) is 16.7. The van der Waals surface area contributed by atoms with E-state index in [1.54, 1.807) is 43.5 Å². The van der Waals surface area contributed by atoms with E-state index in [0.717, 1.165) is 13.1 Å². The largest absolute Gasteiger partial charge is 0.497 e. The Morgan fingerprint density at radius 3 is 2.55 bits per heavy atom. The molecule has 1 unspecified atom stereocenters. The summed E-state index contributed by atoms with van der Waals surface area (Å²) >= 11 is 0. The number of nitrogens with one attached hydrogen (secondary N) is 3. The van der Waals surface area contributed by atoms with Crippen LogP contribution in [0.15, 0.2) is 48.5 Å². The van der Waals surface area contributed by atoms with Gasteiger partial charge in [-0.05, 0) is 55.4 Å². The van der Waals surface area contributed by atoms with Crippen molar-refractivity contribution in [2.45, 2.75) is 6.92 Å². The van der Waals surface area contributed by atoms with Crippen molar-refractivity contribution in [3.63, 3.8) is 0 Å². The van der Waals surface area contributed by atoms with Gasteiger partial charge in [-0.2, -0.15) is 0 Å². The van der Waals surface area contributed by atoms with Crippen molar-refractivity contribution in [1.82, 2.24) is 10.6 Å². The van der Waals surface area contributed by atoms with Gasteiger partial charge < -0.3 is 25.4 Å². The highest BCUT2D eigenvalue weighted by Gasteiger charge is 2.28. The first kappa shape index (κ1) is 20.7. The van der Waals surface area contributed by atoms with Crippen LogP contribution in [0.4, 0.5) is 5.69 Å². The molecule has 0 spiro atoms. The van der Waals surface area contributed by atoms with Crippen molar-refractivity contribution < 1.29 is 19.1 Å². The molecule has 1 aliphatic rings. The van der Waals surface area contributed by atoms with Gasteiger partial charge in [0.15, 0.2) is 0 Å². The van der Waals surface area contributed by atoms with Crippen LogP contribution < -0.4 is 25.4 Å². The molecule has 3 rings (SSSR count). The lowest BCUT2D eigenvalue weighted by atomic mass is 9.88. The van der Waals surface area contributed by atoms with Crippen LogP contribution in [0.5, 0.6) is 11.5 Å². The minimum atomic E-state index is -0.212. The third-order valence-electron chi connectivity index (χ3n) is 5.05. The predicted octanol–water partition coefficient (Wildman–Crippen LogP) is 2.30. The number of hydrogen-bond acceptors (Lipinski definition) is 5. The molecule has 2 amide bonds. The summed E-state index contributed by atoms with van der Waals surface area (Å²) in [6.07, 6.45) is 0. The number of benzene rings is 2. The first-order valence-electron chi connectivity index (χ1n) is 9.73. The summed E-state index contributed by atoms with van der Waals surface area (Å²) in [7, 11) is 1.58. The zero-order chi connectivity index (χ0) is 20.6. The fourth-order valence-corrected chi connectivity index (χ4v) is 2.99. The molecule has 7 heteroatoms. The molecular formula is C22H27N3O4. The standard InChI is InChI=1S/C22H27N3O4/c1-15(17-13-23-14-17)21(26)24-10-11-29-20-5-3-4-18(12-20)25-22(27)16-6-8-19(28-2)9-7-16/h3-9,12,15,17,23H,10-11,13-14H2,1-2H3,(H,24,26)(H,25,27). The van der Waals surface area contributed by atoms with E-state index in [1.807, 2.05) is 19.1 Å². The molecule has 2 aromatic carbocycles. The van der Waals surface area contributed by atoms with E-state index in [9.17, 15) is 9.59 Å². The van der Waals surface area contributed by atoms with E-state index < -0.39 is 0 Å². The number of anilines is 1. The van der Waals surface area contributed by atoms with E-state index >= 15 is 0 Å². The van der Waals surface area contributed by atoms with Crippen LogP contribution in [0.2, 0.25) is 0 Å². The summed E-state index contributed by atoms with van der Waals surface area (Å²) in [6, 6.07) is 14.1. The number of amides is 2. The van der Waals surface area contributed by atoms with Crippen LogP contribution >= 0.6 is 0 Å². The summed E-state index contributed by atoms with van der Waals surface area (Å²) in [6.45, 7) is 4.56. The first-order chi connectivity index (χ1) is 14.1. The summed E-state index contributed by atoms with van der Waals surface area (Å²) < 4.78 is 10.8. The molecule has 7 nitrogen and oxygen atoms in total. The maximum absolute atomic E-state index is 12.4. The number of rotatable bonds is 9. The number of methoxy groups -OCH3 is 1. The SMILES string of the molecule is COc1ccc(C(=O)Nc2cccc(OCCNC(=O)C(C)C3CNC3)c2)cc1. The molecular weight excluding hydrogens is 370 g/mol. The van der Waals surface area contributed by atoms with E-state index in [-0.39, 0.29) is 17.7 Å². The van der Waals surface area contributed by atoms with Gasteiger partial charge in [0.1, 0.15) is 18.1 Å². The van der Waals surface area contributed by atoms with Gasteiger partial charge in [0.2, 0.25) is 5.91 Å². The van der Waals surface area contributed by atoms with Gasteiger partial charge >= 0.3 is 0 Å². The second-order valence-corrected chi connectivity index (χ2v) is 7.06. The smallest absolute Gasteiger partial charge is 0.255 e. The van der Waals surface area contributed by atoms with Crippen molar-refractivity contribution in [2.75, 3.05) is 38.7 Å². The monoisotopic (exact) mass is 397 g/mol. The molecule has 29 heavy (non-hydrogen) atoms. The van der Waals surface area contributed by atoms with Gasteiger partial charge in [-0.25, -0.2) is 0 Å². The topological polar surface area (TPSA) is 88.7 Å². The average Bonchev–Trinajstić information content (AvgIpc) is 2.70. The third kappa shape index (κ3) is 5.71. The Morgan fingerprint density at radius 1 is 1.14 bits per heavy atom. The Balaban J connectivity index is 1.45. The molecule has 0 aliphatic carbocycles. The van der Waals surface area contributed by atoms with Gasteiger partial charge in [-0.1, -0.05) is 13.0 Å². The van der Waals surface area contributed by atoms with E-state index in [1.165, 1.54) is 0 Å². The van der Waals surface area contributed by atoms with Crippen molar-refractivity contribution in [2.24, 2.45) is 11.8 Å². The maximum atomic E-state index is 12.4. The first-order valence-corrected chi connectivity index (χ1v) is 9.73. The molecule has 1 fully saturated rings. The average molecular weight is 397 g/mol. The molecule has 3 N–H and O–H groups in total. The number of carbonyl (C=O) groups is 2. The second-order valence-electron chi connectivity index (χ2n) is 7.06. The Kier molecular flexibility index (Phi) is 7.08. The van der Waals surface area contributed by atoms with Gasteiger partial charge in [0.25, 0.3) is 5.91 Å². The lowest BCUT2D eigenvalue weighted by molar-refractivity contribution is -0.126. The number of ether oxygens (including phenoxy) is 2. The second kappa shape index (κ2) is 9.93. The van der Waals surface area contributed by atoms with E-state index in [4.69, 9.17) is 9.47 Å². The molecule has 0 radical (unpaired) electrons. The molecule has 1 heterocycles. The van der Waals surface area contributed by atoms with Crippen LogP contribution in [-0.2, 0) is 4.79 Å². The maximum Gasteiger partial charge on any atom is 0.255 e. The Hall–Kier alpha value is -3.06. The van der Waals surface area contributed by atoms with Crippen LogP contribution in [0.1, 0.15) is 17.3 Å². The number of hydrogen-bond donors (Lipinski definition) is 3. The summed E-state index contributed by atoms with van der Waals surface area (Å²) in [5, 5.41) is 8.94. The quantitative estimate of drug-likeness (QED) is 0.565. The highest BCUT2D eigenvalue weighted by atomic mass is 16.5. The lowest BCUT2D eigenvalue weighted by Gasteiger charge is -2.31. The molecule has 154 valence electrons. The minimum Gasteiger partial charge on any atom is -0.497 e. The van der Waals surface area contributed by atoms with Gasteiger partial charge in [0, 0.05) is 23.2 Å². The van der Waals surface area contributed by atoms with Crippen LogP contribution in [0.3, 0.4) is 0 Å². The summed E-state index contributed by atoms with van der Waals surface area (Å²) in [4.78, 5) is 24.5. The fraction of sp³-hybridized carbons (Fsp3) is 0.364. The van der Waals surface area contributed by atoms with Gasteiger partial charge in [-0.15, -0.1) is 0 Å². The minimum absolute atomic E-state index is 0.00717. The van der Waals surface area contributed by atoms with Crippen molar-refractivity contribution in [3.8, 4) is 11.5 Å². The van der Waals surface area contributed by atoms with Crippen molar-refractivity contribution in [1.29, 1.82) is 0 Å². The summed E-state index contributed by atoms with van der Waals surface area (Å²) in [5.41, 5.74) is 1.18. The van der Waals surface area contributed by atoms with Gasteiger partial charge in [0.05, 0.1) is 13.7 Å². The molecule has 1 atom stereocenters. The fourth-order valence-electron chi connectivity index (χ4n) is 2.99. The van der Waals surface area contributed by atoms with Crippen molar-refractivity contribution >= 4 is 17.5 Å². The molecule has 2 aromatic rings.